The highest BCUT2D eigenvalue weighted by molar-refractivity contribution is 8.01. The van der Waals surface area contributed by atoms with Crippen LogP contribution >= 0.6 is 46.9 Å². The van der Waals surface area contributed by atoms with Gasteiger partial charge in [0.2, 0.25) is 5.91 Å². The molecular formula is C20H20ClN3OS3. The first-order valence-electron chi connectivity index (χ1n) is 8.73. The average molecular weight is 450 g/mol. The highest BCUT2D eigenvalue weighted by Crippen LogP contribution is 2.29. The third-order valence-electron chi connectivity index (χ3n) is 4.12. The quantitative estimate of drug-likeness (QED) is 0.345. The molecule has 8 heteroatoms. The molecule has 1 aromatic heterocycles. The van der Waals surface area contributed by atoms with Crippen LogP contribution in [0.4, 0.5) is 5.69 Å². The zero-order valence-corrected chi connectivity index (χ0v) is 18.9. The van der Waals surface area contributed by atoms with Gasteiger partial charge < -0.3 is 5.32 Å². The number of aromatic nitrogens is 2. The largest absolute Gasteiger partial charge is 0.325 e. The van der Waals surface area contributed by atoms with E-state index >= 15 is 0 Å². The molecule has 1 heterocycles. The van der Waals surface area contributed by atoms with Crippen molar-refractivity contribution >= 4 is 58.5 Å². The van der Waals surface area contributed by atoms with E-state index < -0.39 is 0 Å². The topological polar surface area (TPSA) is 46.9 Å². The number of amides is 1. The molecule has 28 heavy (non-hydrogen) atoms. The van der Waals surface area contributed by atoms with Gasteiger partial charge in [0.25, 0.3) is 0 Å². The van der Waals surface area contributed by atoms with Gasteiger partial charge in [-0.1, -0.05) is 66.7 Å². The summed E-state index contributed by atoms with van der Waals surface area (Å²) in [5.41, 5.74) is 3.96. The van der Waals surface area contributed by atoms with E-state index in [1.54, 1.807) is 16.8 Å². The van der Waals surface area contributed by atoms with Crippen LogP contribution < -0.4 is 5.32 Å². The van der Waals surface area contributed by atoms with Gasteiger partial charge in [-0.3, -0.25) is 4.79 Å². The molecular weight excluding hydrogens is 430 g/mol. The predicted octanol–water partition coefficient (Wildman–Crippen LogP) is 6.48. The minimum absolute atomic E-state index is 0.0552. The standard InChI is InChI=1S/C20H20ClN3OS3/c1-12(2)16-6-4-5-13(3)18(16)22-17(25)11-27-19-23-24(20(26)28-19)15-9-7-14(21)8-10-15/h4-10,12H,11H2,1-3H3,(H,22,25). The van der Waals surface area contributed by atoms with Crippen LogP contribution in [0.1, 0.15) is 30.9 Å². The highest BCUT2D eigenvalue weighted by Gasteiger charge is 2.14. The Balaban J connectivity index is 1.69. The number of benzene rings is 2. The molecule has 0 aliphatic carbocycles. The number of thioether (sulfide) groups is 1. The Morgan fingerprint density at radius 2 is 2.00 bits per heavy atom. The first kappa shape index (κ1) is 21.0. The number of para-hydroxylation sites is 1. The number of carbonyl (C=O) groups is 1. The molecule has 0 aliphatic rings. The molecule has 0 aliphatic heterocycles. The van der Waals surface area contributed by atoms with Crippen molar-refractivity contribution in [2.24, 2.45) is 0 Å². The molecule has 0 spiro atoms. The van der Waals surface area contributed by atoms with Gasteiger partial charge >= 0.3 is 0 Å². The van der Waals surface area contributed by atoms with Gasteiger partial charge in [-0.05, 0) is 60.5 Å². The second-order valence-electron chi connectivity index (χ2n) is 6.55. The number of halogens is 1. The molecule has 3 rings (SSSR count). The second-order valence-corrected chi connectivity index (χ2v) is 9.83. The Bertz CT molecular complexity index is 1040. The van der Waals surface area contributed by atoms with Gasteiger partial charge in [0.1, 0.15) is 0 Å². The Labute approximate surface area is 182 Å². The fourth-order valence-electron chi connectivity index (χ4n) is 2.71. The molecule has 1 amide bonds. The van der Waals surface area contributed by atoms with E-state index in [0.717, 1.165) is 26.8 Å². The fraction of sp³-hybridized carbons (Fsp3) is 0.250. The zero-order chi connectivity index (χ0) is 20.3. The number of rotatable bonds is 6. The summed E-state index contributed by atoms with van der Waals surface area (Å²) < 4.78 is 3.07. The molecule has 0 saturated carbocycles. The lowest BCUT2D eigenvalue weighted by Gasteiger charge is -2.16. The van der Waals surface area contributed by atoms with Crippen molar-refractivity contribution in [3.05, 3.63) is 62.6 Å². The van der Waals surface area contributed by atoms with Crippen LogP contribution in [0.3, 0.4) is 0 Å². The monoisotopic (exact) mass is 449 g/mol. The number of anilines is 1. The summed E-state index contributed by atoms with van der Waals surface area (Å²) in [7, 11) is 0. The molecule has 0 radical (unpaired) electrons. The first-order chi connectivity index (χ1) is 13.3. The van der Waals surface area contributed by atoms with Gasteiger partial charge in [0.05, 0.1) is 11.4 Å². The van der Waals surface area contributed by atoms with Crippen LogP contribution in [0.5, 0.6) is 0 Å². The normalized spacial score (nSPS) is 11.0. The van der Waals surface area contributed by atoms with E-state index in [-0.39, 0.29) is 11.7 Å². The third-order valence-corrected chi connectivity index (χ3v) is 6.74. The van der Waals surface area contributed by atoms with Gasteiger partial charge in [-0.25, -0.2) is 4.68 Å². The zero-order valence-electron chi connectivity index (χ0n) is 15.7. The van der Waals surface area contributed by atoms with Crippen molar-refractivity contribution in [1.82, 2.24) is 9.78 Å². The molecule has 0 unspecified atom stereocenters. The molecule has 0 atom stereocenters. The lowest BCUT2D eigenvalue weighted by atomic mass is 9.98. The lowest BCUT2D eigenvalue weighted by Crippen LogP contribution is -2.16. The Morgan fingerprint density at radius 3 is 2.68 bits per heavy atom. The second kappa shape index (κ2) is 9.22. The van der Waals surface area contributed by atoms with E-state index in [2.05, 4.69) is 30.3 Å². The Morgan fingerprint density at radius 1 is 1.29 bits per heavy atom. The molecule has 4 nitrogen and oxygen atoms in total. The SMILES string of the molecule is Cc1cccc(C(C)C)c1NC(=O)CSc1nn(-c2ccc(Cl)cc2)c(=S)s1. The molecule has 0 saturated heterocycles. The van der Waals surface area contributed by atoms with Crippen LogP contribution in [-0.4, -0.2) is 21.4 Å². The van der Waals surface area contributed by atoms with Crippen LogP contribution in [0, 0.1) is 10.9 Å². The number of nitrogens with one attached hydrogen (secondary N) is 1. The molecule has 0 fully saturated rings. The summed E-state index contributed by atoms with van der Waals surface area (Å²) in [6.07, 6.45) is 0. The first-order valence-corrected chi connectivity index (χ1v) is 11.3. The van der Waals surface area contributed by atoms with Crippen molar-refractivity contribution in [3.63, 3.8) is 0 Å². The third kappa shape index (κ3) is 5.03. The fourth-order valence-corrected chi connectivity index (χ4v) is 5.00. The van der Waals surface area contributed by atoms with Crippen molar-refractivity contribution in [1.29, 1.82) is 0 Å². The molecule has 146 valence electrons. The Kier molecular flexibility index (Phi) is 6.93. The maximum absolute atomic E-state index is 12.5. The minimum atomic E-state index is -0.0552. The molecule has 0 bridgehead atoms. The van der Waals surface area contributed by atoms with Crippen LogP contribution in [0.2, 0.25) is 5.02 Å². The Hall–Kier alpha value is -1.67. The van der Waals surface area contributed by atoms with Crippen LogP contribution in [0.25, 0.3) is 5.69 Å². The summed E-state index contributed by atoms with van der Waals surface area (Å²) in [6.45, 7) is 6.25. The summed E-state index contributed by atoms with van der Waals surface area (Å²) in [5, 5.41) is 8.24. The van der Waals surface area contributed by atoms with Crippen molar-refractivity contribution in [3.8, 4) is 5.69 Å². The van der Waals surface area contributed by atoms with Crippen LogP contribution in [-0.2, 0) is 4.79 Å². The molecule has 2 aromatic carbocycles. The summed E-state index contributed by atoms with van der Waals surface area (Å²) in [6, 6.07) is 13.4. The van der Waals surface area contributed by atoms with E-state index in [1.807, 2.05) is 31.2 Å². The minimum Gasteiger partial charge on any atom is -0.325 e. The van der Waals surface area contributed by atoms with Crippen molar-refractivity contribution in [2.45, 2.75) is 31.0 Å². The molecule has 3 aromatic rings. The van der Waals surface area contributed by atoms with Crippen molar-refractivity contribution in [2.75, 3.05) is 11.1 Å². The summed E-state index contributed by atoms with van der Waals surface area (Å²) in [4.78, 5) is 12.5. The van der Waals surface area contributed by atoms with Gasteiger partial charge in [0, 0.05) is 10.7 Å². The van der Waals surface area contributed by atoms with E-state index in [0.29, 0.717) is 14.9 Å². The molecule has 1 N–H and O–H groups in total. The average Bonchev–Trinajstić information content (AvgIpc) is 3.03. The smallest absolute Gasteiger partial charge is 0.234 e. The van der Waals surface area contributed by atoms with E-state index in [4.69, 9.17) is 23.8 Å². The maximum Gasteiger partial charge on any atom is 0.234 e. The van der Waals surface area contributed by atoms with Gasteiger partial charge in [-0.15, -0.1) is 5.10 Å². The maximum atomic E-state index is 12.5. The van der Waals surface area contributed by atoms with Crippen molar-refractivity contribution < 1.29 is 4.79 Å². The number of carbonyl (C=O) groups excluding carboxylic acids is 1. The van der Waals surface area contributed by atoms with E-state index in [9.17, 15) is 4.79 Å². The van der Waals surface area contributed by atoms with Gasteiger partial charge in [0.15, 0.2) is 8.29 Å². The highest BCUT2D eigenvalue weighted by atomic mass is 35.5. The van der Waals surface area contributed by atoms with Gasteiger partial charge in [-0.2, -0.15) is 0 Å². The van der Waals surface area contributed by atoms with E-state index in [1.165, 1.54) is 23.1 Å². The lowest BCUT2D eigenvalue weighted by molar-refractivity contribution is -0.113. The summed E-state index contributed by atoms with van der Waals surface area (Å²) in [5.74, 6) is 0.553. The summed E-state index contributed by atoms with van der Waals surface area (Å²) >= 11 is 14.1. The number of nitrogens with zero attached hydrogens (tertiary/aromatic N) is 2. The number of hydrogen-bond donors (Lipinski definition) is 1. The predicted molar refractivity (Wildman–Crippen MR) is 122 cm³/mol. The number of hydrogen-bond acceptors (Lipinski definition) is 5. The van der Waals surface area contributed by atoms with Crippen LogP contribution in [0.15, 0.2) is 46.8 Å². The number of aryl methyl sites for hydroxylation is 1.